The summed E-state index contributed by atoms with van der Waals surface area (Å²) in [6.07, 6.45) is 0. The van der Waals surface area contributed by atoms with Gasteiger partial charge in [0.25, 0.3) is 0 Å². The maximum atomic E-state index is 15.6. The molecule has 286 valence electrons. The summed E-state index contributed by atoms with van der Waals surface area (Å²) in [6, 6.07) is 60.5. The molecule has 57 heavy (non-hydrogen) atoms. The van der Waals surface area contributed by atoms with Crippen molar-refractivity contribution in [1.82, 2.24) is 10.2 Å². The third kappa shape index (κ3) is 8.02. The van der Waals surface area contributed by atoms with E-state index in [0.717, 1.165) is 32.6 Å². The standard InChI is InChI=1S/C49H44IN2O3PS/c1-48(2,3)55-47(54)45(56(40-29-16-7-17-30-40,41-31-18-8-19-32-41)42-33-20-9-21-34-42)52-44(53)43(46(52)57-36-22-35-50)51-49(37-23-10-4-11-24-37,38-25-12-5-13-26-38)39-27-14-6-15-28-39/h4-21,23-34,43,46,51H,36H2,1-3H3. The first-order valence-corrected chi connectivity index (χ1v) is 22.8. The molecule has 5 nitrogen and oxygen atoms in total. The molecule has 2 unspecified atom stereocenters. The first-order chi connectivity index (χ1) is 27.7. The van der Waals surface area contributed by atoms with E-state index in [1.54, 1.807) is 16.7 Å². The van der Waals surface area contributed by atoms with Crippen molar-refractivity contribution >= 4 is 74.4 Å². The van der Waals surface area contributed by atoms with Gasteiger partial charge in [0.05, 0.1) is 11.3 Å². The highest BCUT2D eigenvalue weighted by Crippen LogP contribution is 2.50. The Bertz CT molecular complexity index is 2220. The van der Waals surface area contributed by atoms with E-state index in [0.29, 0.717) is 11.2 Å². The van der Waals surface area contributed by atoms with E-state index >= 15 is 9.59 Å². The van der Waals surface area contributed by atoms with Crippen LogP contribution in [0.5, 0.6) is 0 Å². The van der Waals surface area contributed by atoms with Crippen molar-refractivity contribution in [3.63, 3.8) is 0 Å². The third-order valence-electron chi connectivity index (χ3n) is 9.99. The SMILES string of the molecule is CC(C)(C)OC(=O)C(N1C(=O)C(NC(c2ccccc2)(c2ccccc2)c2ccccc2)C1SCC#CI)=P(c1ccccc1)(c1ccccc1)c1ccccc1. The summed E-state index contributed by atoms with van der Waals surface area (Å²) >= 11 is 3.61. The molecule has 1 N–H and O–H groups in total. The number of likely N-dealkylation sites (tertiary alicyclic amines) is 1. The van der Waals surface area contributed by atoms with E-state index in [4.69, 9.17) is 4.74 Å². The fourth-order valence-corrected chi connectivity index (χ4v) is 13.6. The monoisotopic (exact) mass is 898 g/mol. The Labute approximate surface area is 354 Å². The number of hydrogen-bond donors (Lipinski definition) is 1. The van der Waals surface area contributed by atoms with E-state index in [1.807, 2.05) is 130 Å². The van der Waals surface area contributed by atoms with Gasteiger partial charge in [-0.05, 0) is 57.3 Å². The molecule has 0 spiro atoms. The maximum Gasteiger partial charge on any atom is 0.356 e. The van der Waals surface area contributed by atoms with Crippen molar-refractivity contribution in [1.29, 1.82) is 0 Å². The summed E-state index contributed by atoms with van der Waals surface area (Å²) < 4.78 is 9.41. The molecule has 1 fully saturated rings. The van der Waals surface area contributed by atoms with Crippen LogP contribution >= 0.6 is 41.2 Å². The molecular weight excluding hydrogens is 854 g/mol. The highest BCUT2D eigenvalue weighted by molar-refractivity contribution is 14.1. The van der Waals surface area contributed by atoms with E-state index in [-0.39, 0.29) is 5.91 Å². The van der Waals surface area contributed by atoms with Crippen molar-refractivity contribution in [3.05, 3.63) is 199 Å². The molecule has 0 saturated carbocycles. The van der Waals surface area contributed by atoms with Crippen molar-refractivity contribution in [2.45, 2.75) is 43.3 Å². The van der Waals surface area contributed by atoms with Gasteiger partial charge in [0.2, 0.25) is 5.91 Å². The van der Waals surface area contributed by atoms with Crippen LogP contribution in [0.25, 0.3) is 0 Å². The Hall–Kier alpha value is -4.84. The van der Waals surface area contributed by atoms with E-state index in [1.165, 1.54) is 0 Å². The predicted molar refractivity (Wildman–Crippen MR) is 247 cm³/mol. The number of carbonyl (C=O) groups is 2. The maximum absolute atomic E-state index is 15.6. The van der Waals surface area contributed by atoms with Gasteiger partial charge in [0, 0.05) is 29.5 Å². The molecule has 7 rings (SSSR count). The van der Waals surface area contributed by atoms with Gasteiger partial charge in [-0.15, -0.1) is 11.8 Å². The Kier molecular flexibility index (Phi) is 12.6. The quantitative estimate of drug-likeness (QED) is 0.0333. The lowest BCUT2D eigenvalue weighted by Gasteiger charge is -2.52. The zero-order valence-corrected chi connectivity index (χ0v) is 36.0. The Morgan fingerprint density at radius 1 is 0.667 bits per heavy atom. The van der Waals surface area contributed by atoms with Gasteiger partial charge < -0.3 is 4.74 Å². The minimum atomic E-state index is -3.12. The number of hydrogen-bond acceptors (Lipinski definition) is 5. The van der Waals surface area contributed by atoms with Crippen molar-refractivity contribution in [2.75, 3.05) is 5.75 Å². The zero-order valence-electron chi connectivity index (χ0n) is 32.1. The molecule has 1 aliphatic rings. The van der Waals surface area contributed by atoms with Crippen LogP contribution in [0.4, 0.5) is 0 Å². The Morgan fingerprint density at radius 2 is 1.04 bits per heavy atom. The Balaban J connectivity index is 1.54. The lowest BCUT2D eigenvalue weighted by Crippen LogP contribution is -2.74. The third-order valence-corrected chi connectivity index (χ3v) is 15.8. The van der Waals surface area contributed by atoms with Crippen LogP contribution in [0.2, 0.25) is 0 Å². The lowest BCUT2D eigenvalue weighted by atomic mass is 9.76. The molecule has 8 heteroatoms. The molecule has 1 heterocycles. The molecule has 2 atom stereocenters. The molecule has 1 amide bonds. The summed E-state index contributed by atoms with van der Waals surface area (Å²) in [4.78, 5) is 32.7. The Morgan fingerprint density at radius 3 is 1.39 bits per heavy atom. The summed E-state index contributed by atoms with van der Waals surface area (Å²) in [5.74, 6) is 2.93. The fraction of sp³-hybridized carbons (Fsp3) is 0.163. The van der Waals surface area contributed by atoms with Gasteiger partial charge in [0.1, 0.15) is 22.4 Å². The largest absolute Gasteiger partial charge is 0.455 e. The van der Waals surface area contributed by atoms with Crippen LogP contribution in [0, 0.1) is 9.85 Å². The molecular formula is C49H44IN2O3PS. The molecule has 0 bridgehead atoms. The molecule has 6 aromatic carbocycles. The summed E-state index contributed by atoms with van der Waals surface area (Å²) in [6.45, 7) is 2.49. The van der Waals surface area contributed by atoms with Gasteiger partial charge in [-0.1, -0.05) is 188 Å². The zero-order chi connectivity index (χ0) is 39.9. The number of benzene rings is 6. The number of nitrogens with zero attached hydrogens (tertiary/aromatic N) is 1. The van der Waals surface area contributed by atoms with Gasteiger partial charge in [-0.3, -0.25) is 15.0 Å². The first kappa shape index (κ1) is 40.4. The molecule has 1 saturated heterocycles. The van der Waals surface area contributed by atoms with Crippen LogP contribution in [0.3, 0.4) is 0 Å². The second-order valence-corrected chi connectivity index (χ2v) is 19.6. The highest BCUT2D eigenvalue weighted by Gasteiger charge is 2.57. The number of ether oxygens (including phenoxy) is 1. The number of amides is 1. The number of rotatable bonds is 12. The summed E-state index contributed by atoms with van der Waals surface area (Å²) in [7, 11) is 0. The topological polar surface area (TPSA) is 58.6 Å². The second kappa shape index (κ2) is 17.7. The smallest absolute Gasteiger partial charge is 0.356 e. The van der Waals surface area contributed by atoms with Crippen LogP contribution in [0.1, 0.15) is 37.5 Å². The van der Waals surface area contributed by atoms with Crippen LogP contribution in [-0.2, 0) is 19.9 Å². The number of thioether (sulfide) groups is 1. The molecule has 0 aliphatic carbocycles. The van der Waals surface area contributed by atoms with Crippen molar-refractivity contribution in [3.8, 4) is 9.85 Å². The fourth-order valence-electron chi connectivity index (χ4n) is 7.68. The van der Waals surface area contributed by atoms with Crippen LogP contribution in [-0.4, -0.2) is 45.0 Å². The molecule has 0 radical (unpaired) electrons. The summed E-state index contributed by atoms with van der Waals surface area (Å²) in [5.41, 5.74) is 1.53. The normalized spacial score (nSPS) is 15.5. The van der Waals surface area contributed by atoms with Crippen LogP contribution in [0.15, 0.2) is 182 Å². The predicted octanol–water partition coefficient (Wildman–Crippen LogP) is 8.70. The van der Waals surface area contributed by atoms with Gasteiger partial charge in [-0.2, -0.15) is 0 Å². The van der Waals surface area contributed by atoms with Gasteiger partial charge in [-0.25, -0.2) is 4.79 Å². The number of β-lactam (4-membered cyclic amide) rings is 1. The average molecular weight is 899 g/mol. The van der Waals surface area contributed by atoms with Crippen molar-refractivity contribution in [2.24, 2.45) is 0 Å². The molecule has 0 aromatic heterocycles. The van der Waals surface area contributed by atoms with Gasteiger partial charge >= 0.3 is 5.97 Å². The number of carbonyl (C=O) groups excluding carboxylic acids is 2. The minimum absolute atomic E-state index is 0.213. The van der Waals surface area contributed by atoms with Gasteiger partial charge in [0.15, 0.2) is 0 Å². The van der Waals surface area contributed by atoms with E-state index < -0.39 is 35.4 Å². The van der Waals surface area contributed by atoms with E-state index in [2.05, 4.69) is 111 Å². The number of halogens is 1. The minimum Gasteiger partial charge on any atom is -0.455 e. The second-order valence-electron chi connectivity index (χ2n) is 14.7. The number of nitrogens with one attached hydrogen (secondary N) is 1. The molecule has 6 aromatic rings. The average Bonchev–Trinajstić information content (AvgIpc) is 3.25. The lowest BCUT2D eigenvalue weighted by molar-refractivity contribution is -0.151. The highest BCUT2D eigenvalue weighted by atomic mass is 127. The van der Waals surface area contributed by atoms with Crippen molar-refractivity contribution < 1.29 is 14.3 Å². The van der Waals surface area contributed by atoms with E-state index in [9.17, 15) is 0 Å². The summed E-state index contributed by atoms with van der Waals surface area (Å²) in [5, 5.41) is 6.25. The first-order valence-electron chi connectivity index (χ1n) is 18.9. The number of esters is 1. The molecule has 1 aliphatic heterocycles. The van der Waals surface area contributed by atoms with Crippen LogP contribution < -0.4 is 21.2 Å².